The molecule has 9 heteroatoms. The third-order valence-corrected chi connectivity index (χ3v) is 9.73. The number of hydrogen-bond donors (Lipinski definition) is 1. The summed E-state index contributed by atoms with van der Waals surface area (Å²) in [6.07, 6.45) is 9.55. The van der Waals surface area contributed by atoms with Gasteiger partial charge in [-0.1, -0.05) is 24.3 Å². The molecule has 2 saturated heterocycles. The number of aliphatic hydroxyl groups is 1. The molecule has 37 heavy (non-hydrogen) atoms. The van der Waals surface area contributed by atoms with E-state index in [1.807, 2.05) is 42.5 Å². The molecule has 1 aromatic carbocycles. The molecule has 0 bridgehead atoms. The van der Waals surface area contributed by atoms with E-state index >= 15 is 0 Å². The van der Waals surface area contributed by atoms with Crippen molar-refractivity contribution in [2.24, 2.45) is 11.8 Å². The second-order valence-corrected chi connectivity index (χ2v) is 11.4. The minimum Gasteiger partial charge on any atom is -0.465 e. The van der Waals surface area contributed by atoms with Crippen molar-refractivity contribution in [3.8, 4) is 0 Å². The van der Waals surface area contributed by atoms with Crippen LogP contribution in [0.4, 0.5) is 11.4 Å². The van der Waals surface area contributed by atoms with E-state index in [1.165, 1.54) is 16.7 Å². The Labute approximate surface area is 222 Å². The van der Waals surface area contributed by atoms with Crippen LogP contribution in [0.25, 0.3) is 0 Å². The maximum absolute atomic E-state index is 14.3. The second kappa shape index (κ2) is 10.5. The van der Waals surface area contributed by atoms with Gasteiger partial charge in [0.1, 0.15) is 6.04 Å². The monoisotopic (exact) mass is 525 g/mol. The minimum absolute atomic E-state index is 0.0406. The first kappa shape index (κ1) is 25.9. The highest BCUT2D eigenvalue weighted by atomic mass is 32.2. The fourth-order valence-electron chi connectivity index (χ4n) is 6.27. The number of esters is 1. The van der Waals surface area contributed by atoms with E-state index in [0.29, 0.717) is 13.2 Å². The van der Waals surface area contributed by atoms with E-state index in [-0.39, 0.29) is 36.2 Å². The number of carbonyl (C=O) groups is 3. The molecule has 1 N–H and O–H groups in total. The van der Waals surface area contributed by atoms with Crippen molar-refractivity contribution in [3.05, 3.63) is 48.6 Å². The summed E-state index contributed by atoms with van der Waals surface area (Å²) in [5.74, 6) is -2.23. The van der Waals surface area contributed by atoms with Gasteiger partial charge in [-0.15, -0.1) is 11.8 Å². The summed E-state index contributed by atoms with van der Waals surface area (Å²) in [6, 6.07) is 7.11. The van der Waals surface area contributed by atoms with Gasteiger partial charge in [0.2, 0.25) is 5.91 Å². The van der Waals surface area contributed by atoms with Crippen LogP contribution in [0.3, 0.4) is 0 Å². The van der Waals surface area contributed by atoms with Crippen molar-refractivity contribution >= 4 is 40.9 Å². The fraction of sp³-hybridized carbons (Fsp3) is 0.536. The van der Waals surface area contributed by atoms with Gasteiger partial charge < -0.3 is 24.5 Å². The smallest absolute Gasteiger partial charge is 0.311 e. The number of allylic oxidation sites excluding steroid dienone is 1. The van der Waals surface area contributed by atoms with Gasteiger partial charge in [0.15, 0.2) is 0 Å². The van der Waals surface area contributed by atoms with Gasteiger partial charge in [-0.25, -0.2) is 0 Å². The molecule has 5 atom stereocenters. The summed E-state index contributed by atoms with van der Waals surface area (Å²) in [4.78, 5) is 46.8. The zero-order valence-corrected chi connectivity index (χ0v) is 22.2. The number of rotatable bonds is 6. The number of hydrogen-bond acceptors (Lipinski definition) is 7. The highest BCUT2D eigenvalue weighted by Crippen LogP contribution is 2.60. The van der Waals surface area contributed by atoms with Crippen molar-refractivity contribution in [1.82, 2.24) is 4.90 Å². The molecule has 0 aromatic heterocycles. The lowest BCUT2D eigenvalue weighted by Crippen LogP contribution is -2.53. The number of likely N-dealkylation sites (tertiary alicyclic amines) is 1. The number of β-amino-alcohol motifs (C(OH)–C–C–N with tert-alkyl or cyclic N) is 1. The maximum Gasteiger partial charge on any atom is 0.311 e. The molecule has 4 heterocycles. The SMILES string of the molecule is CCN(CC)c1ccc(N2CC=C[C@]34S[C@@H]5/C=C\CCCOC(=O)[C@@H]5[C@H]3C(=O)N(CCO)C4C2=O)cc1. The number of cyclic esters (lactones) is 1. The molecule has 2 fully saturated rings. The number of nitrogens with zero attached hydrogens (tertiary/aromatic N) is 3. The topological polar surface area (TPSA) is 90.4 Å². The van der Waals surface area contributed by atoms with Gasteiger partial charge in [0.25, 0.3) is 5.91 Å². The second-order valence-electron chi connectivity index (χ2n) is 9.88. The molecular formula is C28H35N3O5S. The van der Waals surface area contributed by atoms with E-state index in [2.05, 4.69) is 24.8 Å². The zero-order valence-electron chi connectivity index (χ0n) is 21.4. The molecule has 2 amide bonds. The van der Waals surface area contributed by atoms with Crippen molar-refractivity contribution in [3.63, 3.8) is 0 Å². The van der Waals surface area contributed by atoms with Crippen LogP contribution in [0.5, 0.6) is 0 Å². The predicted molar refractivity (Wildman–Crippen MR) is 145 cm³/mol. The summed E-state index contributed by atoms with van der Waals surface area (Å²) in [5, 5.41) is 9.56. The van der Waals surface area contributed by atoms with E-state index in [4.69, 9.17) is 4.74 Å². The molecule has 1 spiro atoms. The number of benzene rings is 1. The van der Waals surface area contributed by atoms with Crippen LogP contribution >= 0.6 is 11.8 Å². The predicted octanol–water partition coefficient (Wildman–Crippen LogP) is 2.62. The van der Waals surface area contributed by atoms with Crippen LogP contribution in [0.2, 0.25) is 0 Å². The third kappa shape index (κ3) is 4.26. The Morgan fingerprint density at radius 3 is 2.57 bits per heavy atom. The Hall–Kier alpha value is -2.78. The zero-order chi connectivity index (χ0) is 26.2. The van der Waals surface area contributed by atoms with Gasteiger partial charge in [0.05, 0.1) is 29.8 Å². The molecule has 4 aliphatic heterocycles. The Bertz CT molecular complexity index is 1100. The largest absolute Gasteiger partial charge is 0.465 e. The molecule has 0 aliphatic carbocycles. The molecule has 4 aliphatic rings. The summed E-state index contributed by atoms with van der Waals surface area (Å²) in [5.41, 5.74) is 1.84. The first-order chi connectivity index (χ1) is 18.0. The average molecular weight is 526 g/mol. The lowest BCUT2D eigenvalue weighted by molar-refractivity contribution is -0.153. The Morgan fingerprint density at radius 2 is 1.86 bits per heavy atom. The summed E-state index contributed by atoms with van der Waals surface area (Å²) in [7, 11) is 0. The average Bonchev–Trinajstić information content (AvgIpc) is 3.30. The molecule has 0 saturated carbocycles. The maximum atomic E-state index is 14.3. The number of aliphatic hydroxyl groups excluding tert-OH is 1. The van der Waals surface area contributed by atoms with Gasteiger partial charge in [-0.3, -0.25) is 14.4 Å². The number of ether oxygens (including phenoxy) is 1. The Morgan fingerprint density at radius 1 is 1.11 bits per heavy atom. The molecule has 1 unspecified atom stereocenters. The third-order valence-electron chi connectivity index (χ3n) is 7.98. The van der Waals surface area contributed by atoms with Crippen LogP contribution in [-0.2, 0) is 19.1 Å². The molecule has 0 radical (unpaired) electrons. The summed E-state index contributed by atoms with van der Waals surface area (Å²) in [6.45, 7) is 6.46. The molecular weight excluding hydrogens is 490 g/mol. The van der Waals surface area contributed by atoms with Crippen molar-refractivity contribution in [2.45, 2.75) is 42.7 Å². The van der Waals surface area contributed by atoms with Crippen molar-refractivity contribution < 1.29 is 24.2 Å². The van der Waals surface area contributed by atoms with E-state index in [0.717, 1.165) is 37.3 Å². The highest BCUT2D eigenvalue weighted by molar-refractivity contribution is 8.02. The number of amides is 2. The van der Waals surface area contributed by atoms with Crippen LogP contribution in [-0.4, -0.2) is 83.2 Å². The van der Waals surface area contributed by atoms with Crippen molar-refractivity contribution in [2.75, 3.05) is 49.2 Å². The van der Waals surface area contributed by atoms with Crippen molar-refractivity contribution in [1.29, 1.82) is 0 Å². The van der Waals surface area contributed by atoms with E-state index in [1.54, 1.807) is 4.90 Å². The Balaban J connectivity index is 1.54. The van der Waals surface area contributed by atoms with Gasteiger partial charge in [0, 0.05) is 42.8 Å². The van der Waals surface area contributed by atoms with Gasteiger partial charge >= 0.3 is 5.97 Å². The number of fused-ring (bicyclic) bond motifs is 2. The lowest BCUT2D eigenvalue weighted by Gasteiger charge is -2.35. The summed E-state index contributed by atoms with van der Waals surface area (Å²) >= 11 is 1.52. The number of carbonyl (C=O) groups excluding carboxylic acids is 3. The molecule has 1 aromatic rings. The lowest BCUT2D eigenvalue weighted by atomic mass is 9.78. The van der Waals surface area contributed by atoms with E-state index < -0.39 is 22.6 Å². The first-order valence-electron chi connectivity index (χ1n) is 13.2. The molecule has 5 rings (SSSR count). The van der Waals surface area contributed by atoms with Crippen LogP contribution in [0, 0.1) is 11.8 Å². The molecule has 8 nitrogen and oxygen atoms in total. The Kier molecular flexibility index (Phi) is 7.36. The minimum atomic E-state index is -0.906. The normalized spacial score (nSPS) is 32.0. The first-order valence-corrected chi connectivity index (χ1v) is 14.1. The molecule has 198 valence electrons. The quantitative estimate of drug-likeness (QED) is 0.451. The fourth-order valence-corrected chi connectivity index (χ4v) is 8.27. The van der Waals surface area contributed by atoms with Crippen LogP contribution in [0.1, 0.15) is 26.7 Å². The highest BCUT2D eigenvalue weighted by Gasteiger charge is 2.70. The van der Waals surface area contributed by atoms with Crippen LogP contribution in [0.15, 0.2) is 48.6 Å². The van der Waals surface area contributed by atoms with Gasteiger partial charge in [-0.2, -0.15) is 0 Å². The van der Waals surface area contributed by atoms with E-state index in [9.17, 15) is 19.5 Å². The standard InChI is InChI=1S/C28H35N3O5S/c1-3-29(4-2)19-10-12-20(13-11-19)30-15-8-14-28-23(25(33)31(16-17-32)24(28)26(30)34)22-21(37-28)9-6-5-7-18-36-27(22)35/h6,8-14,21-24,32H,3-5,7,15-18H2,1-2H3/b9-6-/t21-,22+,23+,24?,28+/m1/s1. The van der Waals surface area contributed by atoms with Crippen LogP contribution < -0.4 is 9.80 Å². The van der Waals surface area contributed by atoms with Gasteiger partial charge in [-0.05, 0) is 51.0 Å². The summed E-state index contributed by atoms with van der Waals surface area (Å²) < 4.78 is 4.66. The number of anilines is 2. The number of thioether (sulfide) groups is 1.